The lowest BCUT2D eigenvalue weighted by Gasteiger charge is -2.11. The first-order valence-corrected chi connectivity index (χ1v) is 6.98. The molecule has 0 saturated heterocycles. The zero-order valence-electron chi connectivity index (χ0n) is 12.3. The summed E-state index contributed by atoms with van der Waals surface area (Å²) in [5.74, 6) is -0.421. The van der Waals surface area contributed by atoms with Crippen molar-refractivity contribution in [3.8, 4) is 0 Å². The lowest BCUT2D eigenvalue weighted by Crippen LogP contribution is -2.15. The van der Waals surface area contributed by atoms with E-state index in [1.54, 1.807) is 0 Å². The second-order valence-electron chi connectivity index (χ2n) is 4.84. The summed E-state index contributed by atoms with van der Waals surface area (Å²) in [5.41, 5.74) is 0.443. The molecule has 0 aliphatic carbocycles. The summed E-state index contributed by atoms with van der Waals surface area (Å²) < 4.78 is 5.41. The minimum absolute atomic E-state index is 0.0114. The van der Waals surface area contributed by atoms with Gasteiger partial charge in [-0.05, 0) is 6.42 Å². The molecule has 1 rings (SSSR count). The average molecular weight is 281 g/mol. The van der Waals surface area contributed by atoms with Gasteiger partial charge in [-0.3, -0.25) is 0 Å². The van der Waals surface area contributed by atoms with E-state index in [0.717, 1.165) is 19.4 Å². The Morgan fingerprint density at radius 2 is 2.20 bits per heavy atom. The fourth-order valence-corrected chi connectivity index (χ4v) is 1.57. The van der Waals surface area contributed by atoms with Gasteiger partial charge in [0, 0.05) is 19.1 Å². The van der Waals surface area contributed by atoms with Crippen molar-refractivity contribution in [2.75, 3.05) is 25.1 Å². The van der Waals surface area contributed by atoms with Crippen LogP contribution in [0.2, 0.25) is 0 Å². The molecule has 1 aromatic rings. The maximum absolute atomic E-state index is 11.2. The summed E-state index contributed by atoms with van der Waals surface area (Å²) in [6.45, 7) is 7.76. The highest BCUT2D eigenvalue weighted by Gasteiger charge is 2.15. The normalized spacial score (nSPS) is 10.8. The molecule has 0 amide bonds. The zero-order valence-corrected chi connectivity index (χ0v) is 12.3. The molecule has 1 aromatic heterocycles. The Kier molecular flexibility index (Phi) is 6.93. The smallest absolute Gasteiger partial charge is 0.356 e. The Balaban J connectivity index is 2.58. The van der Waals surface area contributed by atoms with Crippen LogP contribution in [0, 0.1) is 0 Å². The lowest BCUT2D eigenvalue weighted by molar-refractivity contribution is 0.0691. The van der Waals surface area contributed by atoms with Gasteiger partial charge in [0.25, 0.3) is 0 Å². The molecule has 2 N–H and O–H groups in total. The van der Waals surface area contributed by atoms with Crippen molar-refractivity contribution in [2.24, 2.45) is 0 Å². The molecule has 0 unspecified atom stereocenters. The lowest BCUT2D eigenvalue weighted by atomic mass is 10.2. The van der Waals surface area contributed by atoms with Crippen LogP contribution < -0.4 is 5.32 Å². The monoisotopic (exact) mass is 281 g/mol. The van der Waals surface area contributed by atoms with Gasteiger partial charge in [-0.1, -0.05) is 27.2 Å². The summed E-state index contributed by atoms with van der Waals surface area (Å²) in [5, 5.41) is 12.2. The summed E-state index contributed by atoms with van der Waals surface area (Å²) >= 11 is 0. The third kappa shape index (κ3) is 5.13. The Labute approximate surface area is 119 Å². The molecule has 20 heavy (non-hydrogen) atoms. The molecular weight excluding hydrogens is 258 g/mol. The Hall–Kier alpha value is -1.69. The first kappa shape index (κ1) is 16.4. The van der Waals surface area contributed by atoms with Crippen molar-refractivity contribution in [3.63, 3.8) is 0 Å². The molecule has 0 bridgehead atoms. The van der Waals surface area contributed by atoms with Crippen molar-refractivity contribution in [2.45, 2.75) is 39.5 Å². The summed E-state index contributed by atoms with van der Waals surface area (Å²) in [7, 11) is 0. The molecule has 0 spiro atoms. The van der Waals surface area contributed by atoms with Gasteiger partial charge in [-0.15, -0.1) is 0 Å². The van der Waals surface area contributed by atoms with Crippen molar-refractivity contribution >= 4 is 11.7 Å². The number of carboxylic acid groups (broad SMARTS) is 1. The topological polar surface area (TPSA) is 84.3 Å². The Bertz CT molecular complexity index is 436. The number of aromatic nitrogens is 2. The van der Waals surface area contributed by atoms with Crippen LogP contribution in [0.25, 0.3) is 0 Å². The van der Waals surface area contributed by atoms with Gasteiger partial charge < -0.3 is 15.2 Å². The molecular formula is C14H23N3O3. The number of hydrogen-bond acceptors (Lipinski definition) is 5. The minimum atomic E-state index is -1.05. The van der Waals surface area contributed by atoms with Crippen molar-refractivity contribution in [1.29, 1.82) is 0 Å². The molecule has 6 heteroatoms. The van der Waals surface area contributed by atoms with E-state index in [2.05, 4.69) is 22.2 Å². The molecule has 0 aliphatic rings. The van der Waals surface area contributed by atoms with E-state index < -0.39 is 5.97 Å². The van der Waals surface area contributed by atoms with Gasteiger partial charge in [-0.25, -0.2) is 14.8 Å². The van der Waals surface area contributed by atoms with Crippen LogP contribution in [0.15, 0.2) is 6.20 Å². The highest BCUT2D eigenvalue weighted by Crippen LogP contribution is 2.16. The first-order valence-electron chi connectivity index (χ1n) is 6.98. The number of anilines is 1. The number of rotatable bonds is 9. The zero-order chi connectivity index (χ0) is 15.0. The number of carbonyl (C=O) groups is 1. The molecule has 1 heterocycles. The van der Waals surface area contributed by atoms with E-state index in [9.17, 15) is 9.90 Å². The van der Waals surface area contributed by atoms with E-state index in [-0.39, 0.29) is 11.6 Å². The third-order valence-electron chi connectivity index (χ3n) is 2.73. The Morgan fingerprint density at radius 1 is 1.45 bits per heavy atom. The van der Waals surface area contributed by atoms with Crippen LogP contribution in [0.3, 0.4) is 0 Å². The molecule has 0 atom stereocenters. The second-order valence-corrected chi connectivity index (χ2v) is 4.84. The standard InChI is InChI=1S/C14H23N3O3/c1-4-5-7-20-8-6-15-11-9-16-13(10(2)3)17-12(11)14(18)19/h9-10,15H,4-8H2,1-3H3,(H,18,19). The molecule has 6 nitrogen and oxygen atoms in total. The summed E-state index contributed by atoms with van der Waals surface area (Å²) in [4.78, 5) is 19.5. The highest BCUT2D eigenvalue weighted by molar-refractivity contribution is 5.91. The fraction of sp³-hybridized carbons (Fsp3) is 0.643. The molecule has 0 aliphatic heterocycles. The highest BCUT2D eigenvalue weighted by atomic mass is 16.5. The maximum atomic E-state index is 11.2. The van der Waals surface area contributed by atoms with Crippen molar-refractivity contribution in [1.82, 2.24) is 9.97 Å². The van der Waals surface area contributed by atoms with Crippen LogP contribution >= 0.6 is 0 Å². The van der Waals surface area contributed by atoms with Crippen LogP contribution in [0.4, 0.5) is 5.69 Å². The van der Waals surface area contributed by atoms with Gasteiger partial charge in [-0.2, -0.15) is 0 Å². The van der Waals surface area contributed by atoms with Gasteiger partial charge >= 0.3 is 5.97 Å². The first-order chi connectivity index (χ1) is 9.56. The predicted octanol–water partition coefficient (Wildman–Crippen LogP) is 2.53. The summed E-state index contributed by atoms with van der Waals surface area (Å²) in [6.07, 6.45) is 3.66. The average Bonchev–Trinajstić information content (AvgIpc) is 2.42. The van der Waals surface area contributed by atoms with Crippen molar-refractivity contribution < 1.29 is 14.6 Å². The fourth-order valence-electron chi connectivity index (χ4n) is 1.57. The van der Waals surface area contributed by atoms with Gasteiger partial charge in [0.05, 0.1) is 18.5 Å². The number of nitrogens with one attached hydrogen (secondary N) is 1. The molecule has 0 fully saturated rings. The number of hydrogen-bond donors (Lipinski definition) is 2. The SMILES string of the molecule is CCCCOCCNc1cnc(C(C)C)nc1C(=O)O. The quantitative estimate of drug-likeness (QED) is 0.677. The van der Waals surface area contributed by atoms with Crippen LogP contribution in [-0.4, -0.2) is 40.8 Å². The summed E-state index contributed by atoms with van der Waals surface area (Å²) in [6, 6.07) is 0. The van der Waals surface area contributed by atoms with E-state index in [1.165, 1.54) is 6.20 Å². The number of unbranched alkanes of at least 4 members (excludes halogenated alkanes) is 1. The molecule has 0 radical (unpaired) electrons. The van der Waals surface area contributed by atoms with Crippen LogP contribution in [0.1, 0.15) is 55.8 Å². The second kappa shape index (κ2) is 8.47. The number of carboxylic acids is 1. The Morgan fingerprint density at radius 3 is 2.80 bits per heavy atom. The van der Waals surface area contributed by atoms with Gasteiger partial charge in [0.1, 0.15) is 5.82 Å². The number of nitrogens with zero attached hydrogens (tertiary/aromatic N) is 2. The molecule has 0 aromatic carbocycles. The van der Waals surface area contributed by atoms with Crippen LogP contribution in [0.5, 0.6) is 0 Å². The predicted molar refractivity (Wildman–Crippen MR) is 77.3 cm³/mol. The van der Waals surface area contributed by atoms with Gasteiger partial charge in [0.2, 0.25) is 0 Å². The number of aromatic carboxylic acids is 1. The van der Waals surface area contributed by atoms with E-state index in [0.29, 0.717) is 24.7 Å². The van der Waals surface area contributed by atoms with Gasteiger partial charge in [0.15, 0.2) is 5.69 Å². The van der Waals surface area contributed by atoms with E-state index in [1.807, 2.05) is 13.8 Å². The maximum Gasteiger partial charge on any atom is 0.356 e. The molecule has 0 saturated carbocycles. The third-order valence-corrected chi connectivity index (χ3v) is 2.73. The van der Waals surface area contributed by atoms with E-state index >= 15 is 0 Å². The molecule has 112 valence electrons. The van der Waals surface area contributed by atoms with E-state index in [4.69, 9.17) is 4.74 Å². The van der Waals surface area contributed by atoms with Crippen molar-refractivity contribution in [3.05, 3.63) is 17.7 Å². The number of ether oxygens (including phenoxy) is 1. The van der Waals surface area contributed by atoms with Crippen LogP contribution in [-0.2, 0) is 4.74 Å². The minimum Gasteiger partial charge on any atom is -0.476 e. The largest absolute Gasteiger partial charge is 0.476 e.